The molecule has 1 saturated heterocycles. The van der Waals surface area contributed by atoms with Gasteiger partial charge in [-0.15, -0.1) is 0 Å². The van der Waals surface area contributed by atoms with Crippen LogP contribution in [0.25, 0.3) is 0 Å². The zero-order valence-corrected chi connectivity index (χ0v) is 12.6. The first-order valence-electron chi connectivity index (χ1n) is 7.06. The number of carbonyl (C=O) groups is 1. The summed E-state index contributed by atoms with van der Waals surface area (Å²) in [6.07, 6.45) is 2.29. The van der Waals surface area contributed by atoms with Gasteiger partial charge in [0.05, 0.1) is 6.10 Å². The number of rotatable bonds is 2. The second kappa shape index (κ2) is 6.09. The SMILES string of the molecule is CC(O)CC1(N)CCCN(C(=O)OC(C)(C)C)CC1. The lowest BCUT2D eigenvalue weighted by atomic mass is 9.86. The minimum Gasteiger partial charge on any atom is -0.444 e. The maximum atomic E-state index is 12.0. The fourth-order valence-electron chi connectivity index (χ4n) is 2.52. The quantitative estimate of drug-likeness (QED) is 0.804. The molecule has 1 aliphatic heterocycles. The van der Waals surface area contributed by atoms with Gasteiger partial charge in [-0.1, -0.05) is 0 Å². The van der Waals surface area contributed by atoms with Gasteiger partial charge in [-0.05, 0) is 53.4 Å². The summed E-state index contributed by atoms with van der Waals surface area (Å²) in [5.74, 6) is 0. The maximum Gasteiger partial charge on any atom is 0.410 e. The molecule has 1 heterocycles. The van der Waals surface area contributed by atoms with E-state index in [1.165, 1.54) is 0 Å². The third kappa shape index (κ3) is 5.78. The van der Waals surface area contributed by atoms with E-state index in [1.807, 2.05) is 20.8 Å². The van der Waals surface area contributed by atoms with Gasteiger partial charge in [0.25, 0.3) is 0 Å². The number of carbonyl (C=O) groups excluding carboxylic acids is 1. The van der Waals surface area contributed by atoms with Crippen molar-refractivity contribution in [1.82, 2.24) is 4.90 Å². The number of aliphatic hydroxyl groups excluding tert-OH is 1. The maximum absolute atomic E-state index is 12.0. The number of nitrogens with zero attached hydrogens (tertiary/aromatic N) is 1. The molecule has 19 heavy (non-hydrogen) atoms. The molecule has 0 aliphatic carbocycles. The zero-order chi connectivity index (χ0) is 14.7. The lowest BCUT2D eigenvalue weighted by molar-refractivity contribution is 0.0253. The van der Waals surface area contributed by atoms with Crippen LogP contribution in [-0.4, -0.2) is 46.4 Å². The molecule has 1 aliphatic rings. The number of ether oxygens (including phenoxy) is 1. The van der Waals surface area contributed by atoms with Crippen LogP contribution in [0.3, 0.4) is 0 Å². The summed E-state index contributed by atoms with van der Waals surface area (Å²) in [4.78, 5) is 13.7. The van der Waals surface area contributed by atoms with E-state index in [1.54, 1.807) is 11.8 Å². The Morgan fingerprint density at radius 3 is 2.58 bits per heavy atom. The molecule has 1 rings (SSSR count). The van der Waals surface area contributed by atoms with E-state index >= 15 is 0 Å². The molecular weight excluding hydrogens is 244 g/mol. The average Bonchev–Trinajstić information content (AvgIpc) is 2.36. The van der Waals surface area contributed by atoms with E-state index < -0.39 is 11.7 Å². The van der Waals surface area contributed by atoms with E-state index in [4.69, 9.17) is 10.5 Å². The van der Waals surface area contributed by atoms with Gasteiger partial charge in [0.2, 0.25) is 0 Å². The van der Waals surface area contributed by atoms with Crippen LogP contribution in [0.1, 0.15) is 53.4 Å². The Balaban J connectivity index is 2.56. The monoisotopic (exact) mass is 272 g/mol. The minimum atomic E-state index is -0.469. The summed E-state index contributed by atoms with van der Waals surface area (Å²) in [5.41, 5.74) is 5.47. The number of hydrogen-bond acceptors (Lipinski definition) is 4. The van der Waals surface area contributed by atoms with Crippen LogP contribution in [0.2, 0.25) is 0 Å². The van der Waals surface area contributed by atoms with Crippen LogP contribution in [0.5, 0.6) is 0 Å². The minimum absolute atomic E-state index is 0.270. The van der Waals surface area contributed by atoms with Crippen LogP contribution >= 0.6 is 0 Å². The van der Waals surface area contributed by atoms with Gasteiger partial charge in [-0.3, -0.25) is 0 Å². The van der Waals surface area contributed by atoms with Crippen molar-refractivity contribution in [2.24, 2.45) is 5.73 Å². The summed E-state index contributed by atoms with van der Waals surface area (Å²) in [7, 11) is 0. The van der Waals surface area contributed by atoms with Crippen molar-refractivity contribution >= 4 is 6.09 Å². The summed E-state index contributed by atoms with van der Waals surface area (Å²) < 4.78 is 5.38. The number of nitrogens with two attached hydrogens (primary N) is 1. The molecule has 0 spiro atoms. The smallest absolute Gasteiger partial charge is 0.410 e. The summed E-state index contributed by atoms with van der Waals surface area (Å²) in [5, 5.41) is 9.50. The van der Waals surface area contributed by atoms with Crippen LogP contribution in [0, 0.1) is 0 Å². The molecule has 0 aromatic carbocycles. The Hall–Kier alpha value is -0.810. The molecular formula is C14H28N2O3. The van der Waals surface area contributed by atoms with Crippen LogP contribution in [-0.2, 0) is 4.74 Å². The van der Waals surface area contributed by atoms with E-state index in [-0.39, 0.29) is 11.6 Å². The molecule has 3 N–H and O–H groups in total. The summed E-state index contributed by atoms with van der Waals surface area (Å²) in [6.45, 7) is 8.62. The molecule has 1 amide bonds. The molecule has 5 heteroatoms. The van der Waals surface area contributed by atoms with Gasteiger partial charge in [-0.25, -0.2) is 4.79 Å². The molecule has 5 nitrogen and oxygen atoms in total. The Labute approximate surface area is 116 Å². The third-order valence-electron chi connectivity index (χ3n) is 3.34. The Kier molecular flexibility index (Phi) is 5.21. The van der Waals surface area contributed by atoms with Gasteiger partial charge >= 0.3 is 6.09 Å². The molecule has 0 radical (unpaired) electrons. The van der Waals surface area contributed by atoms with Gasteiger partial charge < -0.3 is 20.5 Å². The predicted molar refractivity (Wildman–Crippen MR) is 74.9 cm³/mol. The first kappa shape index (κ1) is 16.2. The van der Waals surface area contributed by atoms with Gasteiger partial charge in [0, 0.05) is 18.6 Å². The van der Waals surface area contributed by atoms with Crippen molar-refractivity contribution in [3.63, 3.8) is 0 Å². The van der Waals surface area contributed by atoms with Crippen molar-refractivity contribution in [2.75, 3.05) is 13.1 Å². The standard InChI is InChI=1S/C14H28N2O3/c1-11(17)10-14(15)6-5-8-16(9-7-14)12(18)19-13(2,3)4/h11,17H,5-10,15H2,1-4H3. The normalized spacial score (nSPS) is 26.7. The fraction of sp³-hybridized carbons (Fsp3) is 0.929. The number of amides is 1. The molecule has 1 fully saturated rings. The van der Waals surface area contributed by atoms with E-state index in [0.717, 1.165) is 12.8 Å². The Morgan fingerprint density at radius 2 is 2.05 bits per heavy atom. The predicted octanol–water partition coefficient (Wildman–Crippen LogP) is 1.88. The van der Waals surface area contributed by atoms with Gasteiger partial charge in [-0.2, -0.15) is 0 Å². The van der Waals surface area contributed by atoms with Crippen molar-refractivity contribution < 1.29 is 14.6 Å². The highest BCUT2D eigenvalue weighted by Crippen LogP contribution is 2.25. The van der Waals surface area contributed by atoms with Crippen LogP contribution in [0.4, 0.5) is 4.79 Å². The Bertz CT molecular complexity index is 312. The lowest BCUT2D eigenvalue weighted by Crippen LogP contribution is -2.44. The topological polar surface area (TPSA) is 75.8 Å². The Morgan fingerprint density at radius 1 is 1.42 bits per heavy atom. The van der Waals surface area contributed by atoms with Crippen molar-refractivity contribution in [2.45, 2.75) is 70.6 Å². The largest absolute Gasteiger partial charge is 0.444 e. The highest BCUT2D eigenvalue weighted by molar-refractivity contribution is 5.68. The molecule has 0 saturated carbocycles. The fourth-order valence-corrected chi connectivity index (χ4v) is 2.52. The van der Waals surface area contributed by atoms with Gasteiger partial charge in [0.1, 0.15) is 5.60 Å². The number of hydrogen-bond donors (Lipinski definition) is 2. The van der Waals surface area contributed by atoms with Crippen LogP contribution < -0.4 is 5.73 Å². The van der Waals surface area contributed by atoms with E-state index in [2.05, 4.69) is 0 Å². The third-order valence-corrected chi connectivity index (χ3v) is 3.34. The van der Waals surface area contributed by atoms with Crippen molar-refractivity contribution in [3.05, 3.63) is 0 Å². The summed E-state index contributed by atoms with van der Waals surface area (Å²) in [6, 6.07) is 0. The summed E-state index contributed by atoms with van der Waals surface area (Å²) >= 11 is 0. The molecule has 0 aromatic rings. The molecule has 0 aromatic heterocycles. The molecule has 2 unspecified atom stereocenters. The zero-order valence-electron chi connectivity index (χ0n) is 12.6. The molecule has 0 bridgehead atoms. The van der Waals surface area contributed by atoms with Crippen molar-refractivity contribution in [3.8, 4) is 0 Å². The lowest BCUT2D eigenvalue weighted by Gasteiger charge is -2.30. The van der Waals surface area contributed by atoms with Crippen molar-refractivity contribution in [1.29, 1.82) is 0 Å². The second-order valence-corrected chi connectivity index (χ2v) is 6.74. The first-order valence-corrected chi connectivity index (χ1v) is 7.06. The van der Waals surface area contributed by atoms with E-state index in [0.29, 0.717) is 25.9 Å². The van der Waals surface area contributed by atoms with Crippen LogP contribution in [0.15, 0.2) is 0 Å². The molecule has 112 valence electrons. The first-order chi connectivity index (χ1) is 8.61. The van der Waals surface area contributed by atoms with Gasteiger partial charge in [0.15, 0.2) is 0 Å². The highest BCUT2D eigenvalue weighted by Gasteiger charge is 2.32. The van der Waals surface area contributed by atoms with E-state index in [9.17, 15) is 9.90 Å². The molecule has 2 atom stereocenters. The highest BCUT2D eigenvalue weighted by atomic mass is 16.6. The number of aliphatic hydroxyl groups is 1. The second-order valence-electron chi connectivity index (χ2n) is 6.74. The number of likely N-dealkylation sites (tertiary alicyclic amines) is 1. The average molecular weight is 272 g/mol.